The van der Waals surface area contributed by atoms with Crippen LogP contribution in [0.3, 0.4) is 0 Å². The fraction of sp³-hybridized carbons (Fsp3) is 0.538. The molecule has 2 rings (SSSR count). The molecule has 19 heavy (non-hydrogen) atoms. The molecule has 0 saturated carbocycles. The van der Waals surface area contributed by atoms with Gasteiger partial charge >= 0.3 is 0 Å². The van der Waals surface area contributed by atoms with Gasteiger partial charge in [-0.25, -0.2) is 0 Å². The Labute approximate surface area is 120 Å². The topological polar surface area (TPSA) is 47.7 Å². The molecule has 6 heteroatoms. The Morgan fingerprint density at radius 3 is 2.68 bits per heavy atom. The second kappa shape index (κ2) is 6.61. The van der Waals surface area contributed by atoms with E-state index in [-0.39, 0.29) is 12.4 Å². The average molecular weight is 284 g/mol. The van der Waals surface area contributed by atoms with Crippen LogP contribution in [0.2, 0.25) is 0 Å². The maximum absolute atomic E-state index is 4.42. The first-order valence-corrected chi connectivity index (χ1v) is 6.42. The smallest absolute Gasteiger partial charge is 0.0825 e. The number of nitrogens with one attached hydrogen (secondary N) is 1. The lowest BCUT2D eigenvalue weighted by molar-refractivity contribution is 0.512. The second-order valence-electron chi connectivity index (χ2n) is 4.70. The number of aromatic nitrogens is 4. The highest BCUT2D eigenvalue weighted by molar-refractivity contribution is 5.85. The van der Waals surface area contributed by atoms with E-state index in [0.29, 0.717) is 6.04 Å². The SMILES string of the molecule is CCn1cc(NCc2ccnn2C(C)C)c(C)n1.Cl. The Balaban J connectivity index is 0.00000180. The van der Waals surface area contributed by atoms with E-state index in [9.17, 15) is 0 Å². The zero-order valence-electron chi connectivity index (χ0n) is 11.9. The zero-order chi connectivity index (χ0) is 13.1. The summed E-state index contributed by atoms with van der Waals surface area (Å²) in [5, 5.41) is 12.2. The quantitative estimate of drug-likeness (QED) is 0.917. The molecule has 0 radical (unpaired) electrons. The molecule has 0 aliphatic carbocycles. The lowest BCUT2D eigenvalue weighted by atomic mass is 10.3. The molecule has 1 N–H and O–H groups in total. The summed E-state index contributed by atoms with van der Waals surface area (Å²) in [5.41, 5.74) is 3.31. The van der Waals surface area contributed by atoms with E-state index >= 15 is 0 Å². The highest BCUT2D eigenvalue weighted by Gasteiger charge is 2.07. The van der Waals surface area contributed by atoms with Gasteiger partial charge in [0.25, 0.3) is 0 Å². The highest BCUT2D eigenvalue weighted by Crippen LogP contribution is 2.15. The van der Waals surface area contributed by atoms with Gasteiger partial charge in [0, 0.05) is 25.0 Å². The largest absolute Gasteiger partial charge is 0.377 e. The van der Waals surface area contributed by atoms with E-state index in [1.165, 1.54) is 5.69 Å². The lowest BCUT2D eigenvalue weighted by Crippen LogP contribution is -2.11. The molecular formula is C13H22ClN5. The van der Waals surface area contributed by atoms with Crippen molar-refractivity contribution >= 4 is 18.1 Å². The summed E-state index contributed by atoms with van der Waals surface area (Å²) in [6, 6.07) is 2.43. The van der Waals surface area contributed by atoms with Gasteiger partial charge in [0.2, 0.25) is 0 Å². The summed E-state index contributed by atoms with van der Waals surface area (Å²) >= 11 is 0. The van der Waals surface area contributed by atoms with E-state index in [1.54, 1.807) is 0 Å². The number of aryl methyl sites for hydroxylation is 2. The highest BCUT2D eigenvalue weighted by atomic mass is 35.5. The fourth-order valence-electron chi connectivity index (χ4n) is 1.99. The second-order valence-corrected chi connectivity index (χ2v) is 4.70. The molecule has 0 aliphatic heterocycles. The van der Waals surface area contributed by atoms with Gasteiger partial charge in [-0.2, -0.15) is 10.2 Å². The van der Waals surface area contributed by atoms with Crippen LogP contribution in [0.4, 0.5) is 5.69 Å². The normalized spacial score (nSPS) is 10.6. The molecule has 0 amide bonds. The van der Waals surface area contributed by atoms with Crippen molar-refractivity contribution in [2.45, 2.75) is 46.8 Å². The van der Waals surface area contributed by atoms with Crippen LogP contribution in [-0.2, 0) is 13.1 Å². The summed E-state index contributed by atoms with van der Waals surface area (Å²) < 4.78 is 3.98. The zero-order valence-corrected chi connectivity index (χ0v) is 12.7. The maximum atomic E-state index is 4.42. The van der Waals surface area contributed by atoms with Crippen molar-refractivity contribution in [3.8, 4) is 0 Å². The van der Waals surface area contributed by atoms with Gasteiger partial charge in [-0.05, 0) is 33.8 Å². The molecule has 0 fully saturated rings. The molecule has 0 saturated heterocycles. The molecule has 2 aromatic heterocycles. The Kier molecular flexibility index (Phi) is 5.42. The van der Waals surface area contributed by atoms with Crippen molar-refractivity contribution in [2.24, 2.45) is 0 Å². The third kappa shape index (κ3) is 3.50. The van der Waals surface area contributed by atoms with Gasteiger partial charge in [-0.1, -0.05) is 0 Å². The Bertz CT molecular complexity index is 515. The summed E-state index contributed by atoms with van der Waals surface area (Å²) in [5.74, 6) is 0. The van der Waals surface area contributed by atoms with Crippen molar-refractivity contribution < 1.29 is 0 Å². The van der Waals surface area contributed by atoms with E-state index in [1.807, 2.05) is 34.7 Å². The van der Waals surface area contributed by atoms with E-state index < -0.39 is 0 Å². The van der Waals surface area contributed by atoms with Gasteiger partial charge in [-0.3, -0.25) is 9.36 Å². The molecule has 106 valence electrons. The first-order chi connectivity index (χ1) is 8.61. The van der Waals surface area contributed by atoms with E-state index in [0.717, 1.165) is 24.5 Å². The van der Waals surface area contributed by atoms with Gasteiger partial charge in [0.1, 0.15) is 0 Å². The summed E-state index contributed by atoms with van der Waals surface area (Å²) in [4.78, 5) is 0. The van der Waals surface area contributed by atoms with Crippen LogP contribution in [0.5, 0.6) is 0 Å². The third-order valence-electron chi connectivity index (χ3n) is 2.97. The van der Waals surface area contributed by atoms with Gasteiger partial charge in [0.05, 0.1) is 23.6 Å². The number of hydrogen-bond acceptors (Lipinski definition) is 3. The van der Waals surface area contributed by atoms with E-state index in [2.05, 4.69) is 36.3 Å². The van der Waals surface area contributed by atoms with Crippen molar-refractivity contribution in [3.05, 3.63) is 29.8 Å². The number of rotatable bonds is 5. The van der Waals surface area contributed by atoms with Crippen molar-refractivity contribution in [3.63, 3.8) is 0 Å². The van der Waals surface area contributed by atoms with Crippen LogP contribution < -0.4 is 5.32 Å². The standard InChI is InChI=1S/C13H21N5.ClH/c1-5-17-9-13(11(4)16-17)14-8-12-6-7-15-18(12)10(2)3;/h6-7,9-10,14H,5,8H2,1-4H3;1H. The Morgan fingerprint density at radius 1 is 1.37 bits per heavy atom. The van der Waals surface area contributed by atoms with Crippen LogP contribution in [0.25, 0.3) is 0 Å². The summed E-state index contributed by atoms with van der Waals surface area (Å²) in [7, 11) is 0. The fourth-order valence-corrected chi connectivity index (χ4v) is 1.99. The predicted molar refractivity (Wildman–Crippen MR) is 79.8 cm³/mol. The minimum absolute atomic E-state index is 0. The molecule has 0 aromatic carbocycles. The summed E-state index contributed by atoms with van der Waals surface area (Å²) in [6.07, 6.45) is 3.89. The van der Waals surface area contributed by atoms with Gasteiger partial charge in [0.15, 0.2) is 0 Å². The van der Waals surface area contributed by atoms with Crippen molar-refractivity contribution in [2.75, 3.05) is 5.32 Å². The number of hydrogen-bond donors (Lipinski definition) is 1. The predicted octanol–water partition coefficient (Wildman–Crippen LogP) is 3.02. The molecule has 2 heterocycles. The molecule has 0 spiro atoms. The monoisotopic (exact) mass is 283 g/mol. The maximum Gasteiger partial charge on any atom is 0.0825 e. The van der Waals surface area contributed by atoms with Crippen LogP contribution in [0.15, 0.2) is 18.5 Å². The molecule has 0 aliphatic rings. The first-order valence-electron chi connectivity index (χ1n) is 6.42. The molecular weight excluding hydrogens is 262 g/mol. The lowest BCUT2D eigenvalue weighted by Gasteiger charge is -2.11. The minimum atomic E-state index is 0. The van der Waals surface area contributed by atoms with Crippen molar-refractivity contribution in [1.82, 2.24) is 19.6 Å². The van der Waals surface area contributed by atoms with Crippen LogP contribution in [-0.4, -0.2) is 19.6 Å². The van der Waals surface area contributed by atoms with Crippen molar-refractivity contribution in [1.29, 1.82) is 0 Å². The number of nitrogens with zero attached hydrogens (tertiary/aromatic N) is 4. The van der Waals surface area contributed by atoms with E-state index in [4.69, 9.17) is 0 Å². The minimum Gasteiger partial charge on any atom is -0.377 e. The van der Waals surface area contributed by atoms with Gasteiger partial charge in [-0.15, -0.1) is 12.4 Å². The van der Waals surface area contributed by atoms with Crippen LogP contribution >= 0.6 is 12.4 Å². The third-order valence-corrected chi connectivity index (χ3v) is 2.97. The molecule has 0 atom stereocenters. The Morgan fingerprint density at radius 2 is 2.11 bits per heavy atom. The Hall–Kier alpha value is -1.49. The van der Waals surface area contributed by atoms with Crippen LogP contribution in [0.1, 0.15) is 38.2 Å². The number of anilines is 1. The molecule has 0 unspecified atom stereocenters. The summed E-state index contributed by atoms with van der Waals surface area (Å²) in [6.45, 7) is 10.0. The van der Waals surface area contributed by atoms with Crippen LogP contribution in [0, 0.1) is 6.92 Å². The first kappa shape index (κ1) is 15.6. The van der Waals surface area contributed by atoms with Gasteiger partial charge < -0.3 is 5.32 Å². The number of halogens is 1. The molecule has 5 nitrogen and oxygen atoms in total. The average Bonchev–Trinajstić information content (AvgIpc) is 2.92. The molecule has 0 bridgehead atoms. The molecule has 2 aromatic rings.